The zero-order valence-corrected chi connectivity index (χ0v) is 10.6. The van der Waals surface area contributed by atoms with E-state index in [-0.39, 0.29) is 6.61 Å². The number of nitrogens with zero attached hydrogens (tertiary/aromatic N) is 1. The first kappa shape index (κ1) is 12.3. The molecule has 0 radical (unpaired) electrons. The summed E-state index contributed by atoms with van der Waals surface area (Å²) in [5.41, 5.74) is 2.07. The number of anilines is 1. The summed E-state index contributed by atoms with van der Waals surface area (Å²) in [6.07, 6.45) is 3.73. The van der Waals surface area contributed by atoms with E-state index in [9.17, 15) is 8.42 Å². The van der Waals surface area contributed by atoms with Crippen molar-refractivity contribution in [2.24, 2.45) is 0 Å². The number of aromatic nitrogens is 1. The summed E-state index contributed by atoms with van der Waals surface area (Å²) >= 11 is 0. The number of aryl methyl sites for hydroxylation is 1. The van der Waals surface area contributed by atoms with Crippen LogP contribution in [0, 0.1) is 0 Å². The minimum Gasteiger partial charge on any atom is -0.370 e. The summed E-state index contributed by atoms with van der Waals surface area (Å²) in [4.78, 5) is 4.45. The Balaban J connectivity index is 1.98. The van der Waals surface area contributed by atoms with Crippen LogP contribution in [0.25, 0.3) is 0 Å². The largest absolute Gasteiger partial charge is 0.370 e. The second kappa shape index (κ2) is 5.01. The highest BCUT2D eigenvalue weighted by Gasteiger charge is 2.10. The van der Waals surface area contributed by atoms with Crippen LogP contribution in [-0.4, -0.2) is 32.8 Å². The van der Waals surface area contributed by atoms with E-state index in [1.54, 1.807) is 0 Å². The van der Waals surface area contributed by atoms with Gasteiger partial charge in [0.1, 0.15) is 5.82 Å². The third kappa shape index (κ3) is 3.67. The van der Waals surface area contributed by atoms with E-state index in [0.29, 0.717) is 6.42 Å². The van der Waals surface area contributed by atoms with Gasteiger partial charge in [-0.25, -0.2) is 4.98 Å². The molecule has 0 saturated heterocycles. The molecule has 0 aromatic carbocycles. The van der Waals surface area contributed by atoms with Crippen LogP contribution in [0.2, 0.25) is 0 Å². The topological polar surface area (TPSA) is 68.3 Å². The molecule has 1 aliphatic heterocycles. The van der Waals surface area contributed by atoms with Gasteiger partial charge < -0.3 is 5.32 Å². The maximum Gasteiger partial charge on any atom is 0.264 e. The van der Waals surface area contributed by atoms with Crippen molar-refractivity contribution in [1.82, 2.24) is 4.98 Å². The number of rotatable bonds is 4. The molecule has 0 aliphatic carbocycles. The Morgan fingerprint density at radius 1 is 1.47 bits per heavy atom. The minimum absolute atomic E-state index is 0.143. The Labute approximate surface area is 101 Å². The van der Waals surface area contributed by atoms with Crippen molar-refractivity contribution in [2.45, 2.75) is 19.3 Å². The van der Waals surface area contributed by atoms with Gasteiger partial charge in [-0.05, 0) is 24.5 Å². The Kier molecular flexibility index (Phi) is 3.63. The van der Waals surface area contributed by atoms with E-state index in [1.807, 2.05) is 12.1 Å². The molecule has 0 fully saturated rings. The maximum atomic E-state index is 10.8. The fourth-order valence-electron chi connectivity index (χ4n) is 1.81. The lowest BCUT2D eigenvalue weighted by Gasteiger charge is -2.17. The number of hydrogen-bond donors (Lipinski definition) is 1. The summed E-state index contributed by atoms with van der Waals surface area (Å²) in [5, 5.41) is 3.24. The number of pyridine rings is 1. The van der Waals surface area contributed by atoms with Crippen molar-refractivity contribution in [3.63, 3.8) is 0 Å². The van der Waals surface area contributed by atoms with Crippen LogP contribution >= 0.6 is 0 Å². The van der Waals surface area contributed by atoms with E-state index in [2.05, 4.69) is 14.5 Å². The summed E-state index contributed by atoms with van der Waals surface area (Å²) in [7, 11) is -3.36. The Hall–Kier alpha value is -1.14. The van der Waals surface area contributed by atoms with Crippen LogP contribution in [0.15, 0.2) is 12.1 Å². The van der Waals surface area contributed by atoms with E-state index < -0.39 is 10.1 Å². The van der Waals surface area contributed by atoms with Gasteiger partial charge in [-0.2, -0.15) is 8.42 Å². The van der Waals surface area contributed by atoms with Crippen LogP contribution in [0.4, 0.5) is 5.82 Å². The molecule has 0 amide bonds. The van der Waals surface area contributed by atoms with Crippen LogP contribution in [0.3, 0.4) is 0 Å². The molecule has 5 nitrogen and oxygen atoms in total. The lowest BCUT2D eigenvalue weighted by atomic mass is 10.1. The van der Waals surface area contributed by atoms with Gasteiger partial charge >= 0.3 is 0 Å². The van der Waals surface area contributed by atoms with Crippen LogP contribution in [-0.2, 0) is 27.1 Å². The van der Waals surface area contributed by atoms with Crippen molar-refractivity contribution < 1.29 is 12.6 Å². The van der Waals surface area contributed by atoms with Gasteiger partial charge in [0.15, 0.2) is 0 Å². The molecule has 2 heterocycles. The molecule has 0 atom stereocenters. The van der Waals surface area contributed by atoms with Gasteiger partial charge in [0.2, 0.25) is 0 Å². The minimum atomic E-state index is -3.36. The predicted octanol–water partition coefficient (Wildman–Crippen LogP) is 0.958. The van der Waals surface area contributed by atoms with Gasteiger partial charge in [-0.15, -0.1) is 0 Å². The predicted molar refractivity (Wildman–Crippen MR) is 65.5 cm³/mol. The van der Waals surface area contributed by atoms with Gasteiger partial charge in [0.25, 0.3) is 10.1 Å². The third-order valence-corrected chi connectivity index (χ3v) is 3.20. The number of nitrogens with one attached hydrogen (secondary N) is 1. The lowest BCUT2D eigenvalue weighted by molar-refractivity contribution is 0.324. The second-order valence-corrected chi connectivity index (χ2v) is 5.76. The smallest absolute Gasteiger partial charge is 0.264 e. The van der Waals surface area contributed by atoms with E-state index in [0.717, 1.165) is 37.2 Å². The van der Waals surface area contributed by atoms with Crippen LogP contribution in [0.1, 0.15) is 17.7 Å². The Morgan fingerprint density at radius 2 is 2.29 bits per heavy atom. The molecule has 1 N–H and O–H groups in total. The van der Waals surface area contributed by atoms with Gasteiger partial charge in [-0.3, -0.25) is 4.18 Å². The van der Waals surface area contributed by atoms with Crippen molar-refractivity contribution in [3.05, 3.63) is 23.4 Å². The standard InChI is InChI=1S/C11H16N2O3S/c1-17(14,15)16-8-6-10-5-4-9-3-2-7-12-11(9)13-10/h4-5H,2-3,6-8H2,1H3,(H,12,13). The van der Waals surface area contributed by atoms with Gasteiger partial charge in [0.05, 0.1) is 12.9 Å². The zero-order chi connectivity index (χ0) is 12.3. The molecular weight excluding hydrogens is 240 g/mol. The van der Waals surface area contributed by atoms with E-state index in [1.165, 1.54) is 5.56 Å². The molecule has 0 bridgehead atoms. The molecule has 2 rings (SSSR count). The molecule has 0 spiro atoms. The SMILES string of the molecule is CS(=O)(=O)OCCc1ccc2c(n1)NCCC2. The normalized spacial score (nSPS) is 15.1. The highest BCUT2D eigenvalue weighted by Crippen LogP contribution is 2.19. The molecule has 0 unspecified atom stereocenters. The summed E-state index contributed by atoms with van der Waals surface area (Å²) in [5.74, 6) is 0.924. The molecule has 0 saturated carbocycles. The highest BCUT2D eigenvalue weighted by molar-refractivity contribution is 7.85. The fourth-order valence-corrected chi connectivity index (χ4v) is 2.19. The molecule has 1 aromatic rings. The first-order valence-corrected chi connectivity index (χ1v) is 7.43. The molecular formula is C11H16N2O3S. The third-order valence-electron chi connectivity index (χ3n) is 2.61. The fraction of sp³-hybridized carbons (Fsp3) is 0.545. The summed E-state index contributed by atoms with van der Waals surface area (Å²) in [6, 6.07) is 3.97. The monoisotopic (exact) mass is 256 g/mol. The molecule has 94 valence electrons. The maximum absolute atomic E-state index is 10.8. The Morgan fingerprint density at radius 3 is 3.06 bits per heavy atom. The lowest BCUT2D eigenvalue weighted by Crippen LogP contribution is -2.14. The van der Waals surface area contributed by atoms with E-state index >= 15 is 0 Å². The highest BCUT2D eigenvalue weighted by atomic mass is 32.2. The summed E-state index contributed by atoms with van der Waals surface area (Å²) in [6.45, 7) is 1.09. The van der Waals surface area contributed by atoms with E-state index in [4.69, 9.17) is 0 Å². The molecule has 1 aliphatic rings. The van der Waals surface area contributed by atoms with Crippen molar-refractivity contribution in [1.29, 1.82) is 0 Å². The van der Waals surface area contributed by atoms with Crippen molar-refractivity contribution in [3.8, 4) is 0 Å². The second-order valence-electron chi connectivity index (χ2n) is 4.12. The zero-order valence-electron chi connectivity index (χ0n) is 9.77. The Bertz CT molecular complexity index is 499. The molecule has 6 heteroatoms. The van der Waals surface area contributed by atoms with Crippen LogP contribution in [0.5, 0.6) is 0 Å². The first-order chi connectivity index (χ1) is 8.04. The van der Waals surface area contributed by atoms with Gasteiger partial charge in [0, 0.05) is 18.7 Å². The average Bonchev–Trinajstić information content (AvgIpc) is 2.27. The van der Waals surface area contributed by atoms with Crippen LogP contribution < -0.4 is 5.32 Å². The van der Waals surface area contributed by atoms with Crippen molar-refractivity contribution >= 4 is 15.9 Å². The molecule has 17 heavy (non-hydrogen) atoms. The number of fused-ring (bicyclic) bond motifs is 1. The van der Waals surface area contributed by atoms with Gasteiger partial charge in [-0.1, -0.05) is 6.07 Å². The van der Waals surface area contributed by atoms with Crippen molar-refractivity contribution in [2.75, 3.05) is 24.7 Å². The number of hydrogen-bond acceptors (Lipinski definition) is 5. The molecule has 1 aromatic heterocycles. The quantitative estimate of drug-likeness (QED) is 0.813. The first-order valence-electron chi connectivity index (χ1n) is 5.62. The summed E-state index contributed by atoms with van der Waals surface area (Å²) < 4.78 is 26.3. The average molecular weight is 256 g/mol.